The number of non-ortho nitro benzene ring substituents is 1. The Labute approximate surface area is 165 Å². The summed E-state index contributed by atoms with van der Waals surface area (Å²) in [6, 6.07) is 10.8. The molecule has 29 heavy (non-hydrogen) atoms. The molecule has 3 rings (SSSR count). The van der Waals surface area contributed by atoms with Crippen LogP contribution < -0.4 is 5.32 Å². The van der Waals surface area contributed by atoms with Crippen molar-refractivity contribution in [3.8, 4) is 11.3 Å². The van der Waals surface area contributed by atoms with E-state index < -0.39 is 22.6 Å². The summed E-state index contributed by atoms with van der Waals surface area (Å²) in [4.78, 5) is 36.7. The number of rotatable bonds is 4. The lowest BCUT2D eigenvalue weighted by molar-refractivity contribution is -0.383. The number of benzene rings is 2. The number of H-pyrrole nitrogens is 1. The monoisotopic (exact) mass is 397 g/mol. The molecule has 1 amide bonds. The Morgan fingerprint density at radius 2 is 1.79 bits per heavy atom. The molecule has 9 nitrogen and oxygen atoms in total. The Morgan fingerprint density at radius 1 is 1.14 bits per heavy atom. The average Bonchev–Trinajstić information content (AvgIpc) is 3.03. The van der Waals surface area contributed by atoms with Crippen LogP contribution in [-0.4, -0.2) is 32.7 Å². The summed E-state index contributed by atoms with van der Waals surface area (Å²) in [7, 11) is 0. The molecule has 2 aromatic carbocycles. The number of ether oxygens (including phenoxy) is 1. The number of aromatic amines is 1. The molecule has 0 saturated carbocycles. The summed E-state index contributed by atoms with van der Waals surface area (Å²) in [5.41, 5.74) is 0.972. The number of aromatic nitrogens is 1. The quantitative estimate of drug-likeness (QED) is 0.428. The zero-order valence-electron chi connectivity index (χ0n) is 16.0. The summed E-state index contributed by atoms with van der Waals surface area (Å²) in [6.07, 6.45) is -0.576. The number of carboxylic acid groups (broad SMARTS) is 1. The number of nitrogens with one attached hydrogen (secondary N) is 2. The summed E-state index contributed by atoms with van der Waals surface area (Å²) >= 11 is 0. The molecular weight excluding hydrogens is 378 g/mol. The highest BCUT2D eigenvalue weighted by Gasteiger charge is 2.20. The van der Waals surface area contributed by atoms with Crippen molar-refractivity contribution < 1.29 is 24.4 Å². The minimum absolute atomic E-state index is 0.161. The van der Waals surface area contributed by atoms with E-state index in [2.05, 4.69) is 10.3 Å². The highest BCUT2D eigenvalue weighted by atomic mass is 16.6. The zero-order valence-corrected chi connectivity index (χ0v) is 16.0. The lowest BCUT2D eigenvalue weighted by atomic mass is 10.1. The fourth-order valence-corrected chi connectivity index (χ4v) is 2.80. The van der Waals surface area contributed by atoms with Crippen LogP contribution in [0.15, 0.2) is 42.5 Å². The standard InChI is InChI=1S/C20H19N3O6/c1-20(2,3)29-19(26)21-14-6-4-11(5-7-14)15-9-12-8-13(18(24)25)10-16(23(27)28)17(12)22-15/h4-10,22H,1-3H3,(H,21,26)(H,24,25). The van der Waals surface area contributed by atoms with Gasteiger partial charge in [-0.05, 0) is 50.6 Å². The van der Waals surface area contributed by atoms with E-state index >= 15 is 0 Å². The van der Waals surface area contributed by atoms with Crippen LogP contribution in [0.3, 0.4) is 0 Å². The van der Waals surface area contributed by atoms with Crippen molar-refractivity contribution in [3.05, 3.63) is 58.1 Å². The van der Waals surface area contributed by atoms with Crippen molar-refractivity contribution in [2.24, 2.45) is 0 Å². The van der Waals surface area contributed by atoms with E-state index in [0.29, 0.717) is 22.3 Å². The van der Waals surface area contributed by atoms with E-state index in [1.54, 1.807) is 51.1 Å². The van der Waals surface area contributed by atoms with Gasteiger partial charge < -0.3 is 14.8 Å². The number of hydrogen-bond acceptors (Lipinski definition) is 5. The molecule has 0 fully saturated rings. The minimum atomic E-state index is -1.24. The Kier molecular flexibility index (Phi) is 4.98. The van der Waals surface area contributed by atoms with Crippen LogP contribution in [0.2, 0.25) is 0 Å². The molecule has 0 bridgehead atoms. The lowest BCUT2D eigenvalue weighted by Gasteiger charge is -2.19. The number of nitro benzene ring substituents is 1. The summed E-state index contributed by atoms with van der Waals surface area (Å²) in [6.45, 7) is 5.29. The van der Waals surface area contributed by atoms with Crippen molar-refractivity contribution in [2.45, 2.75) is 26.4 Å². The van der Waals surface area contributed by atoms with Crippen LogP contribution in [0.25, 0.3) is 22.2 Å². The van der Waals surface area contributed by atoms with Gasteiger partial charge in [-0.25, -0.2) is 9.59 Å². The highest BCUT2D eigenvalue weighted by molar-refractivity contribution is 5.99. The van der Waals surface area contributed by atoms with Gasteiger partial charge in [-0.15, -0.1) is 0 Å². The first kappa shape index (κ1) is 19.9. The van der Waals surface area contributed by atoms with Crippen LogP contribution in [0, 0.1) is 10.1 Å². The molecular formula is C20H19N3O6. The topological polar surface area (TPSA) is 135 Å². The SMILES string of the molecule is CC(C)(C)OC(=O)Nc1ccc(-c2cc3cc(C(=O)O)cc([N+](=O)[O-])c3[nH]2)cc1. The van der Waals surface area contributed by atoms with Gasteiger partial charge in [0.05, 0.1) is 10.5 Å². The van der Waals surface area contributed by atoms with Gasteiger partial charge in [-0.1, -0.05) is 12.1 Å². The van der Waals surface area contributed by atoms with Crippen molar-refractivity contribution >= 4 is 34.3 Å². The third kappa shape index (κ3) is 4.52. The Morgan fingerprint density at radius 3 is 2.34 bits per heavy atom. The molecule has 1 aromatic heterocycles. The summed E-state index contributed by atoms with van der Waals surface area (Å²) in [5, 5.41) is 23.5. The van der Waals surface area contributed by atoms with E-state index in [-0.39, 0.29) is 16.8 Å². The van der Waals surface area contributed by atoms with E-state index in [1.807, 2.05) is 0 Å². The van der Waals surface area contributed by atoms with Gasteiger partial charge in [0.2, 0.25) is 0 Å². The normalized spacial score (nSPS) is 11.3. The number of anilines is 1. The Hall–Kier alpha value is -3.88. The largest absolute Gasteiger partial charge is 0.478 e. The predicted molar refractivity (Wildman–Crippen MR) is 107 cm³/mol. The molecule has 150 valence electrons. The van der Waals surface area contributed by atoms with E-state index in [0.717, 1.165) is 6.07 Å². The molecule has 0 atom stereocenters. The summed E-state index contributed by atoms with van der Waals surface area (Å²) in [5.74, 6) is -1.24. The van der Waals surface area contributed by atoms with Crippen molar-refractivity contribution in [3.63, 3.8) is 0 Å². The van der Waals surface area contributed by atoms with Gasteiger partial charge in [0, 0.05) is 22.8 Å². The van der Waals surface area contributed by atoms with Gasteiger partial charge in [0.25, 0.3) is 5.69 Å². The van der Waals surface area contributed by atoms with Crippen molar-refractivity contribution in [1.82, 2.24) is 4.98 Å². The van der Waals surface area contributed by atoms with E-state index in [1.165, 1.54) is 6.07 Å². The number of aromatic carboxylic acids is 1. The zero-order chi connectivity index (χ0) is 21.3. The maximum Gasteiger partial charge on any atom is 0.412 e. The fourth-order valence-electron chi connectivity index (χ4n) is 2.80. The number of nitro groups is 1. The number of hydrogen-bond donors (Lipinski definition) is 3. The van der Waals surface area contributed by atoms with E-state index in [9.17, 15) is 19.7 Å². The number of carbonyl (C=O) groups is 2. The molecule has 0 aliphatic rings. The second-order valence-corrected chi connectivity index (χ2v) is 7.41. The minimum Gasteiger partial charge on any atom is -0.478 e. The molecule has 3 aromatic rings. The van der Waals surface area contributed by atoms with Crippen molar-refractivity contribution in [2.75, 3.05) is 5.32 Å². The first-order valence-electron chi connectivity index (χ1n) is 8.68. The fraction of sp³-hybridized carbons (Fsp3) is 0.200. The third-order valence-corrected chi connectivity index (χ3v) is 3.99. The molecule has 0 spiro atoms. The first-order valence-corrected chi connectivity index (χ1v) is 8.68. The molecule has 1 heterocycles. The van der Waals surface area contributed by atoms with Gasteiger partial charge in [-0.2, -0.15) is 0 Å². The predicted octanol–water partition coefficient (Wildman–Crippen LogP) is 4.79. The third-order valence-electron chi connectivity index (χ3n) is 3.99. The second kappa shape index (κ2) is 7.27. The maximum atomic E-state index is 11.8. The molecule has 3 N–H and O–H groups in total. The Bertz CT molecular complexity index is 1110. The smallest absolute Gasteiger partial charge is 0.412 e. The molecule has 0 aliphatic carbocycles. The molecule has 0 unspecified atom stereocenters. The average molecular weight is 397 g/mol. The summed E-state index contributed by atoms with van der Waals surface area (Å²) < 4.78 is 5.19. The highest BCUT2D eigenvalue weighted by Crippen LogP contribution is 2.32. The van der Waals surface area contributed by atoms with Crippen LogP contribution in [0.4, 0.5) is 16.2 Å². The van der Waals surface area contributed by atoms with E-state index in [4.69, 9.17) is 9.84 Å². The maximum absolute atomic E-state index is 11.8. The number of fused-ring (bicyclic) bond motifs is 1. The molecule has 0 saturated heterocycles. The van der Waals surface area contributed by atoms with Gasteiger partial charge in [-0.3, -0.25) is 15.4 Å². The molecule has 0 aliphatic heterocycles. The van der Waals surface area contributed by atoms with Gasteiger partial charge in [0.1, 0.15) is 11.1 Å². The number of amides is 1. The number of carbonyl (C=O) groups excluding carboxylic acids is 1. The van der Waals surface area contributed by atoms with Gasteiger partial charge in [0.15, 0.2) is 0 Å². The number of carboxylic acids is 1. The first-order chi connectivity index (χ1) is 13.5. The lowest BCUT2D eigenvalue weighted by Crippen LogP contribution is -2.27. The second-order valence-electron chi connectivity index (χ2n) is 7.41. The van der Waals surface area contributed by atoms with Crippen LogP contribution in [0.1, 0.15) is 31.1 Å². The molecule has 9 heteroatoms. The molecule has 0 radical (unpaired) electrons. The van der Waals surface area contributed by atoms with Gasteiger partial charge >= 0.3 is 12.1 Å². The van der Waals surface area contributed by atoms with Crippen LogP contribution in [0.5, 0.6) is 0 Å². The Balaban J connectivity index is 1.91. The van der Waals surface area contributed by atoms with Crippen molar-refractivity contribution in [1.29, 1.82) is 0 Å². The van der Waals surface area contributed by atoms with Crippen LogP contribution >= 0.6 is 0 Å². The van der Waals surface area contributed by atoms with Crippen LogP contribution in [-0.2, 0) is 4.74 Å². The number of nitrogens with zero attached hydrogens (tertiary/aromatic N) is 1.